The molecular weight excluding hydrogens is 392 g/mol. The van der Waals surface area contributed by atoms with E-state index in [1.807, 2.05) is 60.7 Å². The van der Waals surface area contributed by atoms with E-state index < -0.39 is 0 Å². The van der Waals surface area contributed by atoms with Crippen LogP contribution in [0.3, 0.4) is 0 Å². The molecule has 0 aliphatic rings. The number of aromatic nitrogens is 3. The number of rotatable bonds is 6. The fraction of sp³-hybridized carbons (Fsp3) is 0.125. The lowest BCUT2D eigenvalue weighted by molar-refractivity contribution is 0.416. The van der Waals surface area contributed by atoms with Crippen LogP contribution in [-0.4, -0.2) is 21.9 Å². The Morgan fingerprint density at radius 1 is 0.967 bits per heavy atom. The van der Waals surface area contributed by atoms with Gasteiger partial charge in [0.05, 0.1) is 30.0 Å². The van der Waals surface area contributed by atoms with E-state index in [4.69, 9.17) is 4.74 Å². The van der Waals surface area contributed by atoms with E-state index in [0.717, 1.165) is 39.1 Å². The predicted octanol–water partition coefficient (Wildman–Crippen LogP) is 5.42. The Labute approximate surface area is 180 Å². The molecular formula is C24H20N4OS. The van der Waals surface area contributed by atoms with Crippen LogP contribution >= 0.6 is 11.8 Å². The molecule has 0 unspecified atom stereocenters. The summed E-state index contributed by atoms with van der Waals surface area (Å²) < 4.78 is 7.63. The maximum atomic E-state index is 9.39. The van der Waals surface area contributed by atoms with Gasteiger partial charge in [-0.1, -0.05) is 60.3 Å². The summed E-state index contributed by atoms with van der Waals surface area (Å²) in [5.74, 6) is 2.09. The summed E-state index contributed by atoms with van der Waals surface area (Å²) in [5.41, 5.74) is 4.66. The molecule has 1 aromatic heterocycles. The van der Waals surface area contributed by atoms with E-state index in [0.29, 0.717) is 11.3 Å². The van der Waals surface area contributed by atoms with Gasteiger partial charge in [-0.2, -0.15) is 5.26 Å². The minimum atomic E-state index is 0.625. The second-order valence-electron chi connectivity index (χ2n) is 6.69. The number of hydrogen-bond donors (Lipinski definition) is 0. The molecule has 5 nitrogen and oxygen atoms in total. The lowest BCUT2D eigenvalue weighted by Gasteiger charge is -2.14. The average Bonchev–Trinajstić information content (AvgIpc) is 3.21. The van der Waals surface area contributed by atoms with Crippen LogP contribution in [0, 0.1) is 18.3 Å². The van der Waals surface area contributed by atoms with Crippen molar-refractivity contribution in [1.82, 2.24) is 14.8 Å². The maximum absolute atomic E-state index is 9.39. The fourth-order valence-electron chi connectivity index (χ4n) is 3.30. The first kappa shape index (κ1) is 19.7. The number of para-hydroxylation sites is 2. The SMILES string of the molecule is COc1ccccc1-c1nnc(SCc2ccccc2C#N)n1-c1ccccc1C. The Morgan fingerprint density at radius 2 is 1.70 bits per heavy atom. The second kappa shape index (κ2) is 8.85. The van der Waals surface area contributed by atoms with E-state index in [-0.39, 0.29) is 0 Å². The normalized spacial score (nSPS) is 10.6. The Hall–Kier alpha value is -3.56. The summed E-state index contributed by atoms with van der Waals surface area (Å²) >= 11 is 1.56. The van der Waals surface area contributed by atoms with Gasteiger partial charge >= 0.3 is 0 Å². The number of aryl methyl sites for hydroxylation is 1. The summed E-state index contributed by atoms with van der Waals surface area (Å²) in [5, 5.41) is 19.2. The lowest BCUT2D eigenvalue weighted by Crippen LogP contribution is -2.03. The molecule has 0 saturated heterocycles. The Morgan fingerprint density at radius 3 is 2.50 bits per heavy atom. The van der Waals surface area contributed by atoms with Crippen molar-refractivity contribution in [3.63, 3.8) is 0 Å². The fourth-order valence-corrected chi connectivity index (χ4v) is 4.25. The lowest BCUT2D eigenvalue weighted by atomic mass is 10.1. The average molecular weight is 413 g/mol. The molecule has 0 bridgehead atoms. The molecule has 0 atom stereocenters. The smallest absolute Gasteiger partial charge is 0.196 e. The monoisotopic (exact) mass is 412 g/mol. The number of nitrogens with zero attached hydrogens (tertiary/aromatic N) is 4. The molecule has 0 aliphatic carbocycles. The van der Waals surface area contributed by atoms with Crippen molar-refractivity contribution in [3.8, 4) is 28.9 Å². The number of benzene rings is 3. The van der Waals surface area contributed by atoms with Gasteiger partial charge in [0, 0.05) is 5.75 Å². The molecule has 0 amide bonds. The van der Waals surface area contributed by atoms with Crippen molar-refractivity contribution in [2.24, 2.45) is 0 Å². The molecule has 0 radical (unpaired) electrons. The van der Waals surface area contributed by atoms with Gasteiger partial charge in [-0.25, -0.2) is 0 Å². The summed E-state index contributed by atoms with van der Waals surface area (Å²) in [7, 11) is 1.65. The van der Waals surface area contributed by atoms with Gasteiger partial charge in [0.25, 0.3) is 0 Å². The van der Waals surface area contributed by atoms with Crippen LogP contribution in [0.5, 0.6) is 5.75 Å². The molecule has 0 fully saturated rings. The van der Waals surface area contributed by atoms with Crippen LogP contribution in [0.4, 0.5) is 0 Å². The van der Waals surface area contributed by atoms with E-state index in [2.05, 4.69) is 39.9 Å². The quantitative estimate of drug-likeness (QED) is 0.396. The third-order valence-electron chi connectivity index (χ3n) is 4.83. The highest BCUT2D eigenvalue weighted by Crippen LogP contribution is 2.35. The summed E-state index contributed by atoms with van der Waals surface area (Å²) in [6.45, 7) is 2.07. The predicted molar refractivity (Wildman–Crippen MR) is 119 cm³/mol. The zero-order chi connectivity index (χ0) is 20.9. The Balaban J connectivity index is 1.81. The second-order valence-corrected chi connectivity index (χ2v) is 7.63. The summed E-state index contributed by atoms with van der Waals surface area (Å²) in [6, 6.07) is 25.8. The third-order valence-corrected chi connectivity index (χ3v) is 5.81. The van der Waals surface area contributed by atoms with Gasteiger partial charge in [0.1, 0.15) is 5.75 Å². The van der Waals surface area contributed by atoms with Crippen LogP contribution in [0.2, 0.25) is 0 Å². The number of nitriles is 1. The van der Waals surface area contributed by atoms with Gasteiger partial charge in [-0.3, -0.25) is 4.57 Å². The Bertz CT molecular complexity index is 1230. The third kappa shape index (κ3) is 3.80. The molecule has 30 heavy (non-hydrogen) atoms. The molecule has 4 rings (SSSR count). The van der Waals surface area contributed by atoms with Crippen molar-refractivity contribution in [3.05, 3.63) is 89.5 Å². The first-order chi connectivity index (χ1) is 14.7. The highest BCUT2D eigenvalue weighted by Gasteiger charge is 2.20. The Kier molecular flexibility index (Phi) is 5.82. The van der Waals surface area contributed by atoms with Crippen LogP contribution < -0.4 is 4.74 Å². The molecule has 1 heterocycles. The highest BCUT2D eigenvalue weighted by atomic mass is 32.2. The minimum absolute atomic E-state index is 0.625. The summed E-state index contributed by atoms with van der Waals surface area (Å²) in [6.07, 6.45) is 0. The van der Waals surface area contributed by atoms with Crippen LogP contribution in [0.15, 0.2) is 78.0 Å². The van der Waals surface area contributed by atoms with E-state index in [1.54, 1.807) is 18.9 Å². The van der Waals surface area contributed by atoms with Crippen LogP contribution in [0.1, 0.15) is 16.7 Å². The van der Waals surface area contributed by atoms with Crippen molar-refractivity contribution >= 4 is 11.8 Å². The summed E-state index contributed by atoms with van der Waals surface area (Å²) in [4.78, 5) is 0. The molecule has 3 aromatic carbocycles. The minimum Gasteiger partial charge on any atom is -0.496 e. The van der Waals surface area contributed by atoms with Gasteiger partial charge < -0.3 is 4.74 Å². The number of methoxy groups -OCH3 is 1. The molecule has 0 aliphatic heterocycles. The van der Waals surface area contributed by atoms with Gasteiger partial charge in [0.15, 0.2) is 11.0 Å². The van der Waals surface area contributed by atoms with Gasteiger partial charge in [0.2, 0.25) is 0 Å². The zero-order valence-corrected chi connectivity index (χ0v) is 17.6. The molecule has 148 valence electrons. The van der Waals surface area contributed by atoms with Crippen molar-refractivity contribution < 1.29 is 4.74 Å². The van der Waals surface area contributed by atoms with Crippen molar-refractivity contribution in [2.75, 3.05) is 7.11 Å². The van der Waals surface area contributed by atoms with Crippen molar-refractivity contribution in [2.45, 2.75) is 17.8 Å². The van der Waals surface area contributed by atoms with E-state index in [9.17, 15) is 5.26 Å². The molecule has 0 saturated carbocycles. The standard InChI is InChI=1S/C24H20N4OS/c1-17-9-3-7-13-21(17)28-23(20-12-6-8-14-22(20)29-2)26-27-24(28)30-16-19-11-5-4-10-18(19)15-25/h3-14H,16H2,1-2H3. The largest absolute Gasteiger partial charge is 0.496 e. The van der Waals surface area contributed by atoms with E-state index >= 15 is 0 Å². The van der Waals surface area contributed by atoms with Gasteiger partial charge in [-0.05, 0) is 42.3 Å². The first-order valence-electron chi connectivity index (χ1n) is 9.48. The van der Waals surface area contributed by atoms with E-state index in [1.165, 1.54) is 0 Å². The zero-order valence-electron chi connectivity index (χ0n) is 16.7. The number of ether oxygens (including phenoxy) is 1. The van der Waals surface area contributed by atoms with Crippen molar-refractivity contribution in [1.29, 1.82) is 5.26 Å². The van der Waals surface area contributed by atoms with Gasteiger partial charge in [-0.15, -0.1) is 10.2 Å². The molecule has 6 heteroatoms. The molecule has 4 aromatic rings. The van der Waals surface area contributed by atoms with Crippen LogP contribution in [-0.2, 0) is 5.75 Å². The molecule has 0 N–H and O–H groups in total. The maximum Gasteiger partial charge on any atom is 0.196 e. The van der Waals surface area contributed by atoms with Crippen LogP contribution in [0.25, 0.3) is 17.1 Å². The highest BCUT2D eigenvalue weighted by molar-refractivity contribution is 7.98. The number of thioether (sulfide) groups is 1. The first-order valence-corrected chi connectivity index (χ1v) is 10.5. The molecule has 0 spiro atoms. The number of hydrogen-bond acceptors (Lipinski definition) is 5. The topological polar surface area (TPSA) is 63.7 Å².